The number of rotatable bonds is 5. The molecule has 0 spiro atoms. The fourth-order valence-corrected chi connectivity index (χ4v) is 3.07. The zero-order valence-electron chi connectivity index (χ0n) is 14.8. The van der Waals surface area contributed by atoms with Crippen LogP contribution in [0.15, 0.2) is 42.5 Å². The van der Waals surface area contributed by atoms with Crippen LogP contribution in [-0.2, 0) is 4.79 Å². The standard InChI is InChI=1S/C20H23F2N3O/c1-14(20(26)24-19-10-5-15(21)13-18(19)22)23-16-6-8-17(9-7-16)25-11-3-2-4-12-25/h5-10,13-14,23H,2-4,11-12H2,1H3,(H,24,26). The molecule has 6 heteroatoms. The zero-order valence-corrected chi connectivity index (χ0v) is 14.8. The number of amides is 1. The van der Waals surface area contributed by atoms with E-state index in [-0.39, 0.29) is 5.69 Å². The van der Waals surface area contributed by atoms with E-state index in [0.717, 1.165) is 30.9 Å². The minimum Gasteiger partial charge on any atom is -0.374 e. The predicted octanol–water partition coefficient (Wildman–Crippen LogP) is 4.39. The minimum absolute atomic E-state index is 0.0366. The van der Waals surface area contributed by atoms with E-state index in [4.69, 9.17) is 0 Å². The SMILES string of the molecule is CC(Nc1ccc(N2CCCCC2)cc1)C(=O)Nc1ccc(F)cc1F. The number of halogens is 2. The van der Waals surface area contributed by atoms with E-state index in [0.29, 0.717) is 0 Å². The molecule has 1 heterocycles. The van der Waals surface area contributed by atoms with Crippen molar-refractivity contribution in [2.45, 2.75) is 32.2 Å². The van der Waals surface area contributed by atoms with Gasteiger partial charge in [0.05, 0.1) is 5.69 Å². The number of hydrogen-bond acceptors (Lipinski definition) is 3. The van der Waals surface area contributed by atoms with Gasteiger partial charge in [-0.25, -0.2) is 8.78 Å². The first-order valence-electron chi connectivity index (χ1n) is 8.90. The summed E-state index contributed by atoms with van der Waals surface area (Å²) < 4.78 is 26.6. The Labute approximate surface area is 152 Å². The molecule has 3 rings (SSSR count). The number of nitrogens with one attached hydrogen (secondary N) is 2. The van der Waals surface area contributed by atoms with Gasteiger partial charge in [0.1, 0.15) is 17.7 Å². The molecule has 2 N–H and O–H groups in total. The van der Waals surface area contributed by atoms with Crippen LogP contribution in [0.5, 0.6) is 0 Å². The molecule has 1 amide bonds. The van der Waals surface area contributed by atoms with Crippen LogP contribution in [0.2, 0.25) is 0 Å². The molecular weight excluding hydrogens is 336 g/mol. The second-order valence-electron chi connectivity index (χ2n) is 6.57. The highest BCUT2D eigenvalue weighted by Gasteiger charge is 2.16. The molecule has 138 valence electrons. The molecule has 1 aliphatic heterocycles. The van der Waals surface area contributed by atoms with Crippen LogP contribution in [0.1, 0.15) is 26.2 Å². The highest BCUT2D eigenvalue weighted by molar-refractivity contribution is 5.96. The van der Waals surface area contributed by atoms with Gasteiger partial charge in [-0.1, -0.05) is 0 Å². The number of benzene rings is 2. The minimum atomic E-state index is -0.795. The van der Waals surface area contributed by atoms with Crippen molar-refractivity contribution in [3.8, 4) is 0 Å². The van der Waals surface area contributed by atoms with Gasteiger partial charge in [0.2, 0.25) is 5.91 Å². The van der Waals surface area contributed by atoms with Crippen molar-refractivity contribution >= 4 is 23.0 Å². The molecule has 26 heavy (non-hydrogen) atoms. The van der Waals surface area contributed by atoms with E-state index in [9.17, 15) is 13.6 Å². The molecule has 1 fully saturated rings. The van der Waals surface area contributed by atoms with Crippen LogP contribution in [0.4, 0.5) is 25.8 Å². The van der Waals surface area contributed by atoms with Crippen LogP contribution in [0.3, 0.4) is 0 Å². The Morgan fingerprint density at radius 2 is 1.73 bits per heavy atom. The Hall–Kier alpha value is -2.63. The fraction of sp³-hybridized carbons (Fsp3) is 0.350. The summed E-state index contributed by atoms with van der Waals surface area (Å²) in [7, 11) is 0. The van der Waals surface area contributed by atoms with Crippen molar-refractivity contribution in [2.75, 3.05) is 28.6 Å². The summed E-state index contributed by atoms with van der Waals surface area (Å²) in [5, 5.41) is 5.56. The Bertz CT molecular complexity index is 758. The van der Waals surface area contributed by atoms with Crippen molar-refractivity contribution in [2.24, 2.45) is 0 Å². The summed E-state index contributed by atoms with van der Waals surface area (Å²) in [4.78, 5) is 14.6. The molecule has 1 aliphatic rings. The molecule has 2 aromatic rings. The number of carbonyl (C=O) groups is 1. The van der Waals surface area contributed by atoms with Crippen LogP contribution in [-0.4, -0.2) is 25.0 Å². The van der Waals surface area contributed by atoms with Crippen LogP contribution < -0.4 is 15.5 Å². The average molecular weight is 359 g/mol. The van der Waals surface area contributed by atoms with E-state index in [1.807, 2.05) is 24.3 Å². The zero-order chi connectivity index (χ0) is 18.5. The van der Waals surface area contributed by atoms with Gasteiger partial charge in [-0.2, -0.15) is 0 Å². The number of hydrogen-bond donors (Lipinski definition) is 2. The van der Waals surface area contributed by atoms with Crippen LogP contribution in [0, 0.1) is 11.6 Å². The third-order valence-electron chi connectivity index (χ3n) is 4.55. The van der Waals surface area contributed by atoms with Crippen LogP contribution >= 0.6 is 0 Å². The lowest BCUT2D eigenvalue weighted by atomic mass is 10.1. The van der Waals surface area contributed by atoms with E-state index in [2.05, 4.69) is 15.5 Å². The van der Waals surface area contributed by atoms with Gasteiger partial charge in [-0.05, 0) is 62.6 Å². The smallest absolute Gasteiger partial charge is 0.246 e. The largest absolute Gasteiger partial charge is 0.374 e. The lowest BCUT2D eigenvalue weighted by molar-refractivity contribution is -0.116. The topological polar surface area (TPSA) is 44.4 Å². The van der Waals surface area contributed by atoms with E-state index >= 15 is 0 Å². The highest BCUT2D eigenvalue weighted by Crippen LogP contribution is 2.22. The predicted molar refractivity (Wildman–Crippen MR) is 101 cm³/mol. The Morgan fingerprint density at radius 1 is 1.04 bits per heavy atom. The van der Waals surface area contributed by atoms with Crippen LogP contribution in [0.25, 0.3) is 0 Å². The number of carbonyl (C=O) groups excluding carboxylic acids is 1. The third-order valence-corrected chi connectivity index (χ3v) is 4.55. The highest BCUT2D eigenvalue weighted by atomic mass is 19.1. The first-order valence-corrected chi connectivity index (χ1v) is 8.90. The molecule has 0 aromatic heterocycles. The lowest BCUT2D eigenvalue weighted by Crippen LogP contribution is -2.32. The average Bonchev–Trinajstić information content (AvgIpc) is 2.65. The summed E-state index contributed by atoms with van der Waals surface area (Å²) in [5.41, 5.74) is 1.96. The Kier molecular flexibility index (Phi) is 5.71. The number of anilines is 3. The summed E-state index contributed by atoms with van der Waals surface area (Å²) >= 11 is 0. The Balaban J connectivity index is 1.58. The van der Waals surface area contributed by atoms with E-state index < -0.39 is 23.6 Å². The van der Waals surface area contributed by atoms with Gasteiger partial charge >= 0.3 is 0 Å². The van der Waals surface area contributed by atoms with E-state index in [1.165, 1.54) is 31.0 Å². The summed E-state index contributed by atoms with van der Waals surface area (Å²) in [6.45, 7) is 3.85. The molecule has 0 radical (unpaired) electrons. The second kappa shape index (κ2) is 8.17. The maximum absolute atomic E-state index is 13.6. The van der Waals surface area contributed by atoms with Crippen molar-refractivity contribution in [1.29, 1.82) is 0 Å². The summed E-state index contributed by atoms with van der Waals surface area (Å²) in [5.74, 6) is -1.87. The lowest BCUT2D eigenvalue weighted by Gasteiger charge is -2.29. The van der Waals surface area contributed by atoms with Crippen molar-refractivity contribution < 1.29 is 13.6 Å². The molecule has 1 atom stereocenters. The molecule has 0 saturated carbocycles. The van der Waals surface area contributed by atoms with Gasteiger partial charge in [0.15, 0.2) is 0 Å². The van der Waals surface area contributed by atoms with E-state index in [1.54, 1.807) is 6.92 Å². The second-order valence-corrected chi connectivity index (χ2v) is 6.57. The maximum Gasteiger partial charge on any atom is 0.246 e. The van der Waals surface area contributed by atoms with Gasteiger partial charge < -0.3 is 15.5 Å². The maximum atomic E-state index is 13.6. The Morgan fingerprint density at radius 3 is 2.38 bits per heavy atom. The molecule has 2 aromatic carbocycles. The molecule has 4 nitrogen and oxygen atoms in total. The van der Waals surface area contributed by atoms with Gasteiger partial charge in [0.25, 0.3) is 0 Å². The molecule has 0 bridgehead atoms. The molecule has 0 aliphatic carbocycles. The van der Waals surface area contributed by atoms with Gasteiger partial charge in [-0.3, -0.25) is 4.79 Å². The van der Waals surface area contributed by atoms with Gasteiger partial charge in [0, 0.05) is 30.5 Å². The molecule has 1 saturated heterocycles. The van der Waals surface area contributed by atoms with Crippen molar-refractivity contribution in [3.05, 3.63) is 54.1 Å². The summed E-state index contributed by atoms with van der Waals surface area (Å²) in [6, 6.07) is 10.4. The van der Waals surface area contributed by atoms with Crippen molar-refractivity contribution in [3.63, 3.8) is 0 Å². The van der Waals surface area contributed by atoms with Crippen molar-refractivity contribution in [1.82, 2.24) is 0 Å². The fourth-order valence-electron chi connectivity index (χ4n) is 3.07. The molecular formula is C20H23F2N3O. The first-order chi connectivity index (χ1) is 12.5. The first kappa shape index (κ1) is 18.2. The van der Waals surface area contributed by atoms with Gasteiger partial charge in [-0.15, -0.1) is 0 Å². The monoisotopic (exact) mass is 359 g/mol. The molecule has 1 unspecified atom stereocenters. The number of piperidine rings is 1. The summed E-state index contributed by atoms with van der Waals surface area (Å²) in [6.07, 6.45) is 3.73. The normalized spacial score (nSPS) is 15.4. The quantitative estimate of drug-likeness (QED) is 0.832. The number of nitrogens with zero attached hydrogens (tertiary/aromatic N) is 1. The third kappa shape index (κ3) is 4.50.